The quantitative estimate of drug-likeness (QED) is 0.431. The molecule has 2 aromatic carbocycles. The molecule has 2 rings (SSSR count). The van der Waals surface area contributed by atoms with Crippen molar-refractivity contribution >= 4 is 55.3 Å². The third-order valence-corrected chi connectivity index (χ3v) is 4.99. The first-order valence-corrected chi connectivity index (χ1v) is 9.84. The molecule has 0 amide bonds. The summed E-state index contributed by atoms with van der Waals surface area (Å²) in [5.41, 5.74) is 1.64. The number of hydrogen-bond donors (Lipinski definition) is 0. The summed E-state index contributed by atoms with van der Waals surface area (Å²) >= 11 is 6.62. The third kappa shape index (κ3) is 8.13. The molecule has 0 aromatic heterocycles. The van der Waals surface area contributed by atoms with E-state index in [2.05, 4.69) is 36.3 Å². The van der Waals surface area contributed by atoms with E-state index < -0.39 is 11.0 Å². The van der Waals surface area contributed by atoms with Crippen molar-refractivity contribution in [3.05, 3.63) is 68.6 Å². The molecule has 0 unspecified atom stereocenters. The van der Waals surface area contributed by atoms with Gasteiger partial charge in [-0.1, -0.05) is 56.1 Å². The highest BCUT2D eigenvalue weighted by Crippen LogP contribution is 2.13. The summed E-state index contributed by atoms with van der Waals surface area (Å²) in [6, 6.07) is 15.0. The van der Waals surface area contributed by atoms with Crippen LogP contribution in [-0.2, 0) is 11.0 Å². The first-order valence-electron chi connectivity index (χ1n) is 7.15. The van der Waals surface area contributed by atoms with Gasteiger partial charge in [0.2, 0.25) is 0 Å². The molecule has 0 saturated heterocycles. The highest BCUT2D eigenvalue weighted by Gasteiger charge is 2.17. The molecule has 2 aromatic rings. The van der Waals surface area contributed by atoms with E-state index in [1.165, 1.54) is 0 Å². The zero-order valence-corrected chi connectivity index (χ0v) is 17.7. The summed E-state index contributed by atoms with van der Waals surface area (Å²) < 4.78 is 17.3. The Labute approximate surface area is 162 Å². The summed E-state index contributed by atoms with van der Waals surface area (Å²) in [7, 11) is -1.19. The summed E-state index contributed by atoms with van der Waals surface area (Å²) in [5.74, 6) is 0. The van der Waals surface area contributed by atoms with Crippen molar-refractivity contribution in [3.63, 3.8) is 0 Å². The number of benzene rings is 2. The van der Waals surface area contributed by atoms with Crippen LogP contribution in [0.3, 0.4) is 0 Å². The maximum atomic E-state index is 11.6. The maximum Gasteiger partial charge on any atom is 0.150 e. The van der Waals surface area contributed by atoms with Crippen LogP contribution in [0.5, 0.6) is 0 Å². The van der Waals surface area contributed by atoms with E-state index in [0.29, 0.717) is 5.56 Å². The van der Waals surface area contributed by atoms with Crippen molar-refractivity contribution < 1.29 is 9.00 Å². The maximum absolute atomic E-state index is 11.6. The molecular weight excluding hydrogens is 454 g/mol. The van der Waals surface area contributed by atoms with Gasteiger partial charge in [-0.3, -0.25) is 4.79 Å². The smallest absolute Gasteiger partial charge is 0.150 e. The molecule has 0 aliphatic heterocycles. The van der Waals surface area contributed by atoms with Gasteiger partial charge in [0.25, 0.3) is 0 Å². The van der Waals surface area contributed by atoms with Crippen LogP contribution in [0.1, 0.15) is 36.7 Å². The number of aldehydes is 1. The second-order valence-corrected chi connectivity index (χ2v) is 9.59. The SMILES string of the molecule is CC(C)(C)[S@@](=O)N=Cc1cccc(Br)c1.O=Cc1cccc(Br)c1. The van der Waals surface area contributed by atoms with E-state index >= 15 is 0 Å². The fraction of sp³-hybridized carbons (Fsp3) is 0.222. The Kier molecular flexibility index (Phi) is 8.73. The van der Waals surface area contributed by atoms with Crippen LogP contribution >= 0.6 is 31.9 Å². The van der Waals surface area contributed by atoms with Gasteiger partial charge in [-0.05, 0) is 50.6 Å². The van der Waals surface area contributed by atoms with Gasteiger partial charge in [0.05, 0.1) is 4.75 Å². The molecule has 0 aliphatic carbocycles. The summed E-state index contributed by atoms with van der Waals surface area (Å²) in [5, 5.41) is 0. The monoisotopic (exact) mass is 471 g/mol. The Hall–Kier alpha value is -1.11. The van der Waals surface area contributed by atoms with Crippen LogP contribution < -0.4 is 0 Å². The molecule has 0 bridgehead atoms. The van der Waals surface area contributed by atoms with Gasteiger partial charge in [-0.15, -0.1) is 0 Å². The molecule has 24 heavy (non-hydrogen) atoms. The van der Waals surface area contributed by atoms with Gasteiger partial charge >= 0.3 is 0 Å². The lowest BCUT2D eigenvalue weighted by molar-refractivity contribution is 0.112. The van der Waals surface area contributed by atoms with E-state index in [4.69, 9.17) is 0 Å². The van der Waals surface area contributed by atoms with Crippen molar-refractivity contribution in [2.75, 3.05) is 0 Å². The van der Waals surface area contributed by atoms with Gasteiger partial charge in [-0.25, -0.2) is 4.21 Å². The molecule has 0 aliphatic rings. The first-order chi connectivity index (χ1) is 11.2. The molecule has 0 radical (unpaired) electrons. The Bertz CT molecular complexity index is 740. The molecule has 1 atom stereocenters. The summed E-state index contributed by atoms with van der Waals surface area (Å²) in [6.45, 7) is 5.71. The minimum absolute atomic E-state index is 0.303. The van der Waals surface area contributed by atoms with Crippen LogP contribution in [0.25, 0.3) is 0 Å². The average molecular weight is 473 g/mol. The minimum atomic E-state index is -1.19. The molecular formula is C18H19Br2NO2S. The van der Waals surface area contributed by atoms with Gasteiger partial charge in [0.1, 0.15) is 17.3 Å². The van der Waals surface area contributed by atoms with Crippen molar-refractivity contribution in [3.8, 4) is 0 Å². The molecule has 0 heterocycles. The Morgan fingerprint density at radius 2 is 1.46 bits per heavy atom. The van der Waals surface area contributed by atoms with E-state index in [1.54, 1.807) is 18.3 Å². The number of carbonyl (C=O) groups is 1. The van der Waals surface area contributed by atoms with Crippen LogP contribution in [0.15, 0.2) is 61.9 Å². The standard InChI is InChI=1S/C11H14BrNOS.C7H5BrO/c1-11(2,3)15(14)13-8-9-5-4-6-10(12)7-9;8-7-3-1-2-6(4-7)5-9/h4-8H,1-3H3;1-5H/t15-;/m1./s1. The fourth-order valence-corrected chi connectivity index (χ4v) is 2.80. The largest absolute Gasteiger partial charge is 0.298 e. The van der Waals surface area contributed by atoms with Gasteiger partial charge < -0.3 is 0 Å². The van der Waals surface area contributed by atoms with E-state index in [-0.39, 0.29) is 4.75 Å². The molecule has 6 heteroatoms. The number of halogens is 2. The first kappa shape index (κ1) is 20.9. The Morgan fingerprint density at radius 3 is 1.88 bits per heavy atom. The molecule has 0 saturated carbocycles. The Morgan fingerprint density at radius 1 is 0.958 bits per heavy atom. The van der Waals surface area contributed by atoms with Crippen molar-refractivity contribution in [2.24, 2.45) is 4.40 Å². The second-order valence-electron chi connectivity index (χ2n) is 5.82. The van der Waals surface area contributed by atoms with Crippen molar-refractivity contribution in [1.29, 1.82) is 0 Å². The highest BCUT2D eigenvalue weighted by molar-refractivity contribution is 9.10. The number of carbonyl (C=O) groups excluding carboxylic acids is 1. The summed E-state index contributed by atoms with van der Waals surface area (Å²) in [6.07, 6.45) is 2.47. The van der Waals surface area contributed by atoms with Crippen LogP contribution in [0.4, 0.5) is 0 Å². The van der Waals surface area contributed by atoms with Crippen molar-refractivity contribution in [1.82, 2.24) is 0 Å². The lowest BCUT2D eigenvalue weighted by Gasteiger charge is -2.12. The zero-order chi connectivity index (χ0) is 18.2. The predicted molar refractivity (Wildman–Crippen MR) is 109 cm³/mol. The molecule has 128 valence electrons. The lowest BCUT2D eigenvalue weighted by atomic mass is 10.2. The van der Waals surface area contributed by atoms with Gasteiger partial charge in [-0.2, -0.15) is 4.40 Å². The fourth-order valence-electron chi connectivity index (χ4n) is 1.43. The van der Waals surface area contributed by atoms with Gasteiger partial charge in [0, 0.05) is 20.7 Å². The van der Waals surface area contributed by atoms with Crippen LogP contribution in [0.2, 0.25) is 0 Å². The van der Waals surface area contributed by atoms with Crippen molar-refractivity contribution in [2.45, 2.75) is 25.5 Å². The minimum Gasteiger partial charge on any atom is -0.298 e. The Balaban J connectivity index is 0.000000272. The molecule has 0 fully saturated rings. The predicted octanol–water partition coefficient (Wildman–Crippen LogP) is 5.59. The van der Waals surface area contributed by atoms with Gasteiger partial charge in [0.15, 0.2) is 0 Å². The number of rotatable bonds is 3. The average Bonchev–Trinajstić information content (AvgIpc) is 2.52. The molecule has 0 spiro atoms. The topological polar surface area (TPSA) is 46.5 Å². The third-order valence-electron chi connectivity index (χ3n) is 2.65. The number of hydrogen-bond acceptors (Lipinski definition) is 2. The van der Waals surface area contributed by atoms with E-state index in [0.717, 1.165) is 20.8 Å². The van der Waals surface area contributed by atoms with E-state index in [9.17, 15) is 9.00 Å². The zero-order valence-electron chi connectivity index (χ0n) is 13.7. The second kappa shape index (κ2) is 10.0. The lowest BCUT2D eigenvalue weighted by Crippen LogP contribution is -2.19. The molecule has 0 N–H and O–H groups in total. The highest BCUT2D eigenvalue weighted by atomic mass is 79.9. The summed E-state index contributed by atoms with van der Waals surface area (Å²) in [4.78, 5) is 10.1. The van der Waals surface area contributed by atoms with Crippen LogP contribution in [0, 0.1) is 0 Å². The van der Waals surface area contributed by atoms with E-state index in [1.807, 2.05) is 57.2 Å². The normalized spacial score (nSPS) is 12.4. The van der Waals surface area contributed by atoms with Crippen LogP contribution in [-0.4, -0.2) is 21.5 Å². The number of nitrogens with zero attached hydrogens (tertiary/aromatic N) is 1. The molecule has 3 nitrogen and oxygen atoms in total.